The lowest BCUT2D eigenvalue weighted by molar-refractivity contribution is 0.619. The molecule has 0 saturated carbocycles. The lowest BCUT2D eigenvalue weighted by Gasteiger charge is -2.09. The highest BCUT2D eigenvalue weighted by Crippen LogP contribution is 2.19. The van der Waals surface area contributed by atoms with Gasteiger partial charge >= 0.3 is 0 Å². The number of nitrogens with zero attached hydrogens (tertiary/aromatic N) is 2. The minimum Gasteiger partial charge on any atom is -0.388 e. The van der Waals surface area contributed by atoms with Crippen molar-refractivity contribution in [3.05, 3.63) is 47.7 Å². The highest BCUT2D eigenvalue weighted by atomic mass is 32.1. The standard InChI is InChI=1S/C12H11FN4S/c1-7-2-3-8(6-9(7)13)17-12-10(11(14)18)15-4-5-16-12/h2-6H,1H3,(H2,14,18)(H,16,17). The van der Waals surface area contributed by atoms with Crippen LogP contribution in [0.1, 0.15) is 11.3 Å². The Labute approximate surface area is 109 Å². The normalized spacial score (nSPS) is 10.1. The minimum absolute atomic E-state index is 0.137. The second-order valence-corrected chi connectivity index (χ2v) is 4.15. The molecular formula is C12H11FN4S. The van der Waals surface area contributed by atoms with Gasteiger partial charge in [-0.25, -0.2) is 14.4 Å². The second-order valence-electron chi connectivity index (χ2n) is 3.71. The first-order chi connectivity index (χ1) is 8.58. The van der Waals surface area contributed by atoms with Crippen LogP contribution in [-0.2, 0) is 0 Å². The van der Waals surface area contributed by atoms with E-state index in [1.165, 1.54) is 18.5 Å². The number of nitrogens with two attached hydrogens (primary N) is 1. The van der Waals surface area contributed by atoms with Gasteiger partial charge in [0.25, 0.3) is 0 Å². The maximum Gasteiger partial charge on any atom is 0.159 e. The molecule has 0 amide bonds. The number of aryl methyl sites for hydroxylation is 1. The lowest BCUT2D eigenvalue weighted by Crippen LogP contribution is -2.15. The topological polar surface area (TPSA) is 63.8 Å². The zero-order chi connectivity index (χ0) is 13.1. The van der Waals surface area contributed by atoms with Crippen LogP contribution < -0.4 is 11.1 Å². The molecule has 0 fully saturated rings. The van der Waals surface area contributed by atoms with Gasteiger partial charge in [-0.3, -0.25) is 0 Å². The summed E-state index contributed by atoms with van der Waals surface area (Å²) < 4.78 is 13.4. The summed E-state index contributed by atoms with van der Waals surface area (Å²) in [7, 11) is 0. The number of hydrogen-bond donors (Lipinski definition) is 2. The van der Waals surface area contributed by atoms with Crippen LogP contribution in [0.4, 0.5) is 15.9 Å². The largest absolute Gasteiger partial charge is 0.388 e. The maximum absolute atomic E-state index is 13.4. The Morgan fingerprint density at radius 1 is 1.33 bits per heavy atom. The molecule has 1 aromatic carbocycles. The van der Waals surface area contributed by atoms with Gasteiger partial charge in [-0.15, -0.1) is 0 Å². The van der Waals surface area contributed by atoms with E-state index in [2.05, 4.69) is 15.3 Å². The van der Waals surface area contributed by atoms with Crippen molar-refractivity contribution in [2.24, 2.45) is 5.73 Å². The third kappa shape index (κ3) is 2.60. The SMILES string of the molecule is Cc1ccc(Nc2nccnc2C(N)=S)cc1F. The summed E-state index contributed by atoms with van der Waals surface area (Å²) in [5, 5.41) is 2.94. The summed E-state index contributed by atoms with van der Waals surface area (Å²) in [5.74, 6) is 0.119. The van der Waals surface area contributed by atoms with Crippen LogP contribution in [0, 0.1) is 12.7 Å². The average molecular weight is 262 g/mol. The fourth-order valence-electron chi connectivity index (χ4n) is 1.42. The number of aromatic nitrogens is 2. The molecule has 3 N–H and O–H groups in total. The molecule has 0 unspecified atom stereocenters. The Morgan fingerprint density at radius 3 is 2.72 bits per heavy atom. The highest BCUT2D eigenvalue weighted by molar-refractivity contribution is 7.80. The van der Waals surface area contributed by atoms with Gasteiger partial charge in [0, 0.05) is 18.1 Å². The number of anilines is 2. The van der Waals surface area contributed by atoms with Crippen molar-refractivity contribution in [2.75, 3.05) is 5.32 Å². The molecule has 4 nitrogen and oxygen atoms in total. The molecule has 2 rings (SSSR count). The lowest BCUT2D eigenvalue weighted by atomic mass is 10.2. The summed E-state index contributed by atoms with van der Waals surface area (Å²) >= 11 is 4.87. The zero-order valence-corrected chi connectivity index (χ0v) is 10.5. The van der Waals surface area contributed by atoms with Crippen molar-refractivity contribution >= 4 is 28.7 Å². The Balaban J connectivity index is 2.34. The predicted molar refractivity (Wildman–Crippen MR) is 72.3 cm³/mol. The van der Waals surface area contributed by atoms with E-state index in [-0.39, 0.29) is 10.8 Å². The molecule has 2 aromatic rings. The molecule has 0 spiro atoms. The van der Waals surface area contributed by atoms with Gasteiger partial charge in [0.15, 0.2) is 5.82 Å². The predicted octanol–water partition coefficient (Wildman–Crippen LogP) is 2.30. The van der Waals surface area contributed by atoms with Gasteiger partial charge in [-0.2, -0.15) is 0 Å². The fourth-order valence-corrected chi connectivity index (χ4v) is 1.57. The van der Waals surface area contributed by atoms with E-state index in [0.29, 0.717) is 22.8 Å². The maximum atomic E-state index is 13.4. The molecule has 0 atom stereocenters. The smallest absolute Gasteiger partial charge is 0.159 e. The Bertz CT molecular complexity index is 600. The Kier molecular flexibility index (Phi) is 3.47. The first kappa shape index (κ1) is 12.4. The van der Waals surface area contributed by atoms with Gasteiger partial charge in [0.1, 0.15) is 16.5 Å². The first-order valence-corrected chi connectivity index (χ1v) is 5.63. The molecular weight excluding hydrogens is 251 g/mol. The van der Waals surface area contributed by atoms with E-state index < -0.39 is 0 Å². The van der Waals surface area contributed by atoms with E-state index in [4.69, 9.17) is 18.0 Å². The van der Waals surface area contributed by atoms with Crippen LogP contribution in [-0.4, -0.2) is 15.0 Å². The molecule has 0 radical (unpaired) electrons. The molecule has 6 heteroatoms. The molecule has 0 saturated heterocycles. The van der Waals surface area contributed by atoms with Crippen LogP contribution in [0.2, 0.25) is 0 Å². The van der Waals surface area contributed by atoms with E-state index in [1.54, 1.807) is 19.1 Å². The van der Waals surface area contributed by atoms with Crippen molar-refractivity contribution in [3.63, 3.8) is 0 Å². The van der Waals surface area contributed by atoms with Crippen LogP contribution in [0.5, 0.6) is 0 Å². The third-order valence-electron chi connectivity index (χ3n) is 2.37. The monoisotopic (exact) mass is 262 g/mol. The van der Waals surface area contributed by atoms with Crippen molar-refractivity contribution in [3.8, 4) is 0 Å². The fraction of sp³-hybridized carbons (Fsp3) is 0.0833. The summed E-state index contributed by atoms with van der Waals surface area (Å²) in [4.78, 5) is 8.25. The van der Waals surface area contributed by atoms with E-state index >= 15 is 0 Å². The first-order valence-electron chi connectivity index (χ1n) is 5.22. The Hall–Kier alpha value is -2.08. The zero-order valence-electron chi connectivity index (χ0n) is 9.64. The van der Waals surface area contributed by atoms with Crippen LogP contribution in [0.15, 0.2) is 30.6 Å². The molecule has 0 aliphatic carbocycles. The molecule has 0 bridgehead atoms. The molecule has 0 aliphatic rings. The van der Waals surface area contributed by atoms with Crippen molar-refractivity contribution in [1.29, 1.82) is 0 Å². The van der Waals surface area contributed by atoms with Crippen LogP contribution in [0.25, 0.3) is 0 Å². The molecule has 0 aliphatic heterocycles. The molecule has 1 heterocycles. The Morgan fingerprint density at radius 2 is 2.06 bits per heavy atom. The van der Waals surface area contributed by atoms with E-state index in [0.717, 1.165) is 0 Å². The summed E-state index contributed by atoms with van der Waals surface area (Å²) in [6.45, 7) is 1.70. The van der Waals surface area contributed by atoms with E-state index in [1.807, 2.05) is 0 Å². The van der Waals surface area contributed by atoms with Crippen LogP contribution in [0.3, 0.4) is 0 Å². The van der Waals surface area contributed by atoms with Gasteiger partial charge in [0.05, 0.1) is 0 Å². The molecule has 92 valence electrons. The van der Waals surface area contributed by atoms with Crippen molar-refractivity contribution in [1.82, 2.24) is 9.97 Å². The van der Waals surface area contributed by atoms with E-state index in [9.17, 15) is 4.39 Å². The number of hydrogen-bond acceptors (Lipinski definition) is 4. The number of nitrogens with one attached hydrogen (secondary N) is 1. The average Bonchev–Trinajstić information content (AvgIpc) is 2.34. The van der Waals surface area contributed by atoms with Gasteiger partial charge in [0.2, 0.25) is 0 Å². The minimum atomic E-state index is -0.291. The van der Waals surface area contributed by atoms with Crippen molar-refractivity contribution in [2.45, 2.75) is 6.92 Å². The highest BCUT2D eigenvalue weighted by Gasteiger charge is 2.08. The number of halogens is 1. The number of benzene rings is 1. The number of thiocarbonyl (C=S) groups is 1. The van der Waals surface area contributed by atoms with Gasteiger partial charge < -0.3 is 11.1 Å². The van der Waals surface area contributed by atoms with Crippen LogP contribution >= 0.6 is 12.2 Å². The van der Waals surface area contributed by atoms with Crippen molar-refractivity contribution < 1.29 is 4.39 Å². The summed E-state index contributed by atoms with van der Waals surface area (Å²) in [6.07, 6.45) is 3.00. The summed E-state index contributed by atoms with van der Waals surface area (Å²) in [5.41, 5.74) is 7.06. The van der Waals surface area contributed by atoms with Gasteiger partial charge in [-0.1, -0.05) is 18.3 Å². The van der Waals surface area contributed by atoms with Gasteiger partial charge in [-0.05, 0) is 24.6 Å². The third-order valence-corrected chi connectivity index (χ3v) is 2.56. The number of rotatable bonds is 3. The second kappa shape index (κ2) is 5.05. The quantitative estimate of drug-likeness (QED) is 0.831. The summed E-state index contributed by atoms with van der Waals surface area (Å²) in [6, 6.07) is 4.80. The molecule has 1 aromatic heterocycles. The molecule has 18 heavy (non-hydrogen) atoms.